The molecule has 0 aromatic heterocycles. The lowest BCUT2D eigenvalue weighted by molar-refractivity contribution is -0.0525. The first-order valence-corrected chi connectivity index (χ1v) is 10.6. The molecule has 1 N–H and O–H groups in total. The molecule has 28 heavy (non-hydrogen) atoms. The van der Waals surface area contributed by atoms with Crippen molar-refractivity contribution in [2.75, 3.05) is 13.1 Å². The minimum absolute atomic E-state index is 0.0299. The third-order valence-corrected chi connectivity index (χ3v) is 5.63. The molecule has 0 saturated heterocycles. The smallest absolute Gasteiger partial charge is 0.444 e. The van der Waals surface area contributed by atoms with Crippen molar-refractivity contribution in [1.82, 2.24) is 10.2 Å². The average Bonchev–Trinajstić information content (AvgIpc) is 2.53. The van der Waals surface area contributed by atoms with Crippen LogP contribution in [0.3, 0.4) is 0 Å². The number of halogens is 3. The lowest BCUT2D eigenvalue weighted by atomic mass is 9.89. The zero-order valence-electron chi connectivity index (χ0n) is 16.2. The fraction of sp³-hybridized carbons (Fsp3) is 0.824. The van der Waals surface area contributed by atoms with E-state index in [1.807, 2.05) is 0 Å². The molecule has 7 nitrogen and oxygen atoms in total. The van der Waals surface area contributed by atoms with Crippen LogP contribution in [0.2, 0.25) is 0 Å². The van der Waals surface area contributed by atoms with E-state index in [9.17, 15) is 26.4 Å². The fourth-order valence-corrected chi connectivity index (χ4v) is 3.85. The van der Waals surface area contributed by atoms with Crippen LogP contribution >= 0.6 is 0 Å². The van der Waals surface area contributed by atoms with Crippen molar-refractivity contribution in [3.8, 4) is 0 Å². The lowest BCUT2D eigenvalue weighted by Gasteiger charge is -2.38. The maximum Gasteiger partial charge on any atom is 0.534 e. The molecule has 0 bridgehead atoms. The van der Waals surface area contributed by atoms with E-state index in [1.54, 1.807) is 20.8 Å². The number of ether oxygens (including phenoxy) is 1. The van der Waals surface area contributed by atoms with Crippen molar-refractivity contribution in [2.45, 2.75) is 76.1 Å². The van der Waals surface area contributed by atoms with Crippen molar-refractivity contribution in [2.24, 2.45) is 0 Å². The molecule has 0 aromatic rings. The van der Waals surface area contributed by atoms with Crippen LogP contribution in [-0.2, 0) is 19.0 Å². The van der Waals surface area contributed by atoms with Gasteiger partial charge in [-0.15, -0.1) is 0 Å². The van der Waals surface area contributed by atoms with Crippen LogP contribution in [0.5, 0.6) is 0 Å². The van der Waals surface area contributed by atoms with Gasteiger partial charge < -0.3 is 14.2 Å². The van der Waals surface area contributed by atoms with E-state index in [0.717, 1.165) is 25.7 Å². The van der Waals surface area contributed by atoms with Gasteiger partial charge >= 0.3 is 21.7 Å². The van der Waals surface area contributed by atoms with E-state index < -0.39 is 27.3 Å². The highest BCUT2D eigenvalue weighted by Crippen LogP contribution is 2.30. The highest BCUT2D eigenvalue weighted by molar-refractivity contribution is 7.87. The fourth-order valence-electron chi connectivity index (χ4n) is 3.32. The molecule has 0 atom stereocenters. The van der Waals surface area contributed by atoms with Crippen LogP contribution in [-0.4, -0.2) is 55.7 Å². The second kappa shape index (κ2) is 8.48. The minimum atomic E-state index is -5.61. The topological polar surface area (TPSA) is 84.9 Å². The van der Waals surface area contributed by atoms with Crippen molar-refractivity contribution < 1.29 is 35.3 Å². The Labute approximate surface area is 163 Å². The van der Waals surface area contributed by atoms with E-state index in [0.29, 0.717) is 13.1 Å². The first-order valence-electron chi connectivity index (χ1n) is 9.20. The second-order valence-corrected chi connectivity index (χ2v) is 9.59. The summed E-state index contributed by atoms with van der Waals surface area (Å²) in [4.78, 5) is 13.9. The van der Waals surface area contributed by atoms with Gasteiger partial charge in [-0.1, -0.05) is 0 Å². The molecule has 0 spiro atoms. The lowest BCUT2D eigenvalue weighted by Crippen LogP contribution is -2.46. The molecule has 2 aliphatic rings. The van der Waals surface area contributed by atoms with Crippen LogP contribution < -0.4 is 5.32 Å². The highest BCUT2D eigenvalue weighted by Gasteiger charge is 2.49. The summed E-state index contributed by atoms with van der Waals surface area (Å²) in [5, 5.41) is 2.86. The SMILES string of the molecule is CC(C)(C)OC(=O)N[C@H]1CC[C@H](N2CC=C(OS(=O)(=O)C(F)(F)F)CC2)CC1. The quantitative estimate of drug-likeness (QED) is 0.547. The normalized spacial score (nSPS) is 25.0. The minimum Gasteiger partial charge on any atom is -0.444 e. The molecular weight excluding hydrogens is 401 g/mol. The monoisotopic (exact) mass is 428 g/mol. The maximum absolute atomic E-state index is 12.4. The number of carbonyl (C=O) groups excluding carboxylic acids is 1. The van der Waals surface area contributed by atoms with Gasteiger partial charge in [0.2, 0.25) is 0 Å². The van der Waals surface area contributed by atoms with Crippen molar-refractivity contribution in [3.05, 3.63) is 11.8 Å². The molecule has 2 rings (SSSR count). The molecule has 0 unspecified atom stereocenters. The zero-order chi connectivity index (χ0) is 21.2. The number of hydrogen-bond acceptors (Lipinski definition) is 6. The predicted octanol–water partition coefficient (Wildman–Crippen LogP) is 3.28. The van der Waals surface area contributed by atoms with Gasteiger partial charge in [0.25, 0.3) is 0 Å². The second-order valence-electron chi connectivity index (χ2n) is 8.05. The van der Waals surface area contributed by atoms with Crippen LogP contribution in [0.1, 0.15) is 52.9 Å². The average molecular weight is 428 g/mol. The van der Waals surface area contributed by atoms with Gasteiger partial charge in [0.1, 0.15) is 11.4 Å². The Kier molecular flexibility index (Phi) is 6.90. The van der Waals surface area contributed by atoms with Gasteiger partial charge in [0, 0.05) is 31.6 Å². The summed E-state index contributed by atoms with van der Waals surface area (Å²) in [7, 11) is -5.61. The number of nitrogens with zero attached hydrogens (tertiary/aromatic N) is 1. The Balaban J connectivity index is 1.79. The summed E-state index contributed by atoms with van der Waals surface area (Å²) in [6.07, 6.45) is 4.25. The first-order chi connectivity index (χ1) is 12.8. The van der Waals surface area contributed by atoms with Crippen LogP contribution in [0.25, 0.3) is 0 Å². The Hall–Kier alpha value is -1.49. The van der Waals surface area contributed by atoms with Gasteiger partial charge in [-0.3, -0.25) is 4.90 Å². The largest absolute Gasteiger partial charge is 0.534 e. The number of hydrogen-bond donors (Lipinski definition) is 1. The number of alkyl halides is 3. The molecule has 0 radical (unpaired) electrons. The number of carbonyl (C=O) groups is 1. The number of alkyl carbamates (subject to hydrolysis) is 1. The Bertz CT molecular complexity index is 693. The molecule has 1 heterocycles. The molecule has 1 aliphatic heterocycles. The van der Waals surface area contributed by atoms with E-state index in [-0.39, 0.29) is 24.3 Å². The number of amides is 1. The van der Waals surface area contributed by atoms with Crippen molar-refractivity contribution in [1.29, 1.82) is 0 Å². The molecule has 1 fully saturated rings. The third kappa shape index (κ3) is 6.54. The van der Waals surface area contributed by atoms with Gasteiger partial charge in [0.05, 0.1) is 0 Å². The molecule has 11 heteroatoms. The summed E-state index contributed by atoms with van der Waals surface area (Å²) >= 11 is 0. The maximum atomic E-state index is 12.4. The van der Waals surface area contributed by atoms with Crippen molar-refractivity contribution >= 4 is 16.2 Å². The third-order valence-electron chi connectivity index (χ3n) is 4.63. The van der Waals surface area contributed by atoms with E-state index >= 15 is 0 Å². The molecular formula is C17H27F3N2O5S. The van der Waals surface area contributed by atoms with Crippen molar-refractivity contribution in [3.63, 3.8) is 0 Å². The number of rotatable bonds is 4. The van der Waals surface area contributed by atoms with Gasteiger partial charge in [0.15, 0.2) is 0 Å². The van der Waals surface area contributed by atoms with Gasteiger partial charge in [-0.25, -0.2) is 4.79 Å². The first kappa shape index (κ1) is 22.8. The molecule has 162 valence electrons. The molecule has 1 aliphatic carbocycles. The van der Waals surface area contributed by atoms with Crippen LogP contribution in [0.4, 0.5) is 18.0 Å². The molecule has 1 saturated carbocycles. The van der Waals surface area contributed by atoms with Crippen LogP contribution in [0, 0.1) is 0 Å². The molecule has 1 amide bonds. The predicted molar refractivity (Wildman–Crippen MR) is 95.7 cm³/mol. The Morgan fingerprint density at radius 3 is 2.25 bits per heavy atom. The Morgan fingerprint density at radius 2 is 1.79 bits per heavy atom. The van der Waals surface area contributed by atoms with Gasteiger partial charge in [-0.05, 0) is 52.5 Å². The molecule has 0 aromatic carbocycles. The van der Waals surface area contributed by atoms with E-state index in [4.69, 9.17) is 4.74 Å². The summed E-state index contributed by atoms with van der Waals surface area (Å²) in [6.45, 7) is 6.15. The van der Waals surface area contributed by atoms with E-state index in [1.165, 1.54) is 6.08 Å². The standard InChI is InChI=1S/C17H27F3N2O5S/c1-16(2,3)26-15(23)21-12-4-6-13(7-5-12)22-10-8-14(9-11-22)27-28(24,25)17(18,19)20/h8,12-13H,4-7,9-11H2,1-3H3,(H,21,23)/t12-,13-. The summed E-state index contributed by atoms with van der Waals surface area (Å²) < 4.78 is 68.7. The van der Waals surface area contributed by atoms with Crippen LogP contribution in [0.15, 0.2) is 11.8 Å². The summed E-state index contributed by atoms with van der Waals surface area (Å²) in [6, 6.07) is 0.260. The summed E-state index contributed by atoms with van der Waals surface area (Å²) in [5.41, 5.74) is -5.98. The Morgan fingerprint density at radius 1 is 1.18 bits per heavy atom. The zero-order valence-corrected chi connectivity index (χ0v) is 17.0. The summed E-state index contributed by atoms with van der Waals surface area (Å²) in [5.74, 6) is -0.172. The highest BCUT2D eigenvalue weighted by atomic mass is 32.2. The van der Waals surface area contributed by atoms with E-state index in [2.05, 4.69) is 14.4 Å². The number of nitrogens with one attached hydrogen (secondary N) is 1. The van der Waals surface area contributed by atoms with Gasteiger partial charge in [-0.2, -0.15) is 21.6 Å².